The lowest BCUT2D eigenvalue weighted by atomic mass is 13.8. The molecule has 0 amide bonds. The maximum atomic E-state index is 10.1. The zero-order valence-corrected chi connectivity index (χ0v) is 2.87. The number of rotatable bonds is 0. The van der Waals surface area contributed by atoms with Crippen LogP contribution in [0.3, 0.4) is 0 Å². The lowest BCUT2D eigenvalue weighted by Gasteiger charge is -1.34. The molecule has 0 bridgehead atoms. The Kier molecular flexibility index (Phi) is 1.67. The van der Waals surface area contributed by atoms with Crippen LogP contribution in [-0.4, -0.2) is 8.42 Å². The molecule has 0 N–H and O–H groups in total. The topological polar surface area (TPSA) is 46.5 Å². The molecule has 0 radical (unpaired) electrons. The highest BCUT2D eigenvalue weighted by Crippen LogP contribution is 1.55. The Morgan fingerprint density at radius 3 is 1.80 bits per heavy atom. The molecule has 0 aliphatic rings. The summed E-state index contributed by atoms with van der Waals surface area (Å²) in [6.45, 7) is 0. The molecule has 0 aliphatic carbocycles. The average molecular weight is 97.1 g/mol. The van der Waals surface area contributed by atoms with Crippen LogP contribution in [0.5, 0.6) is 0 Å². The van der Waals surface area contributed by atoms with E-state index in [2.05, 4.69) is 0 Å². The Balaban J connectivity index is 4.25. The van der Waals surface area contributed by atoms with Gasteiger partial charge in [0, 0.05) is 4.58 Å². The van der Waals surface area contributed by atoms with Crippen molar-refractivity contribution in [1.82, 2.24) is 0 Å². The molecule has 0 fully saturated rings. The van der Waals surface area contributed by atoms with Crippen molar-refractivity contribution in [2.75, 3.05) is 0 Å². The fourth-order valence-corrected chi connectivity index (χ4v) is 0. The zero-order valence-electron chi connectivity index (χ0n) is 2.05. The van der Waals surface area contributed by atoms with Gasteiger partial charge in [0.2, 0.25) is 0 Å². The van der Waals surface area contributed by atoms with Gasteiger partial charge >= 0.3 is 10.5 Å². The zero-order chi connectivity index (χ0) is 4.28. The van der Waals surface area contributed by atoms with Crippen molar-refractivity contribution >= 4 is 10.5 Å². The predicted molar refractivity (Wildman–Crippen MR) is 12.5 cm³/mol. The molecule has 0 aliphatic heterocycles. The Morgan fingerprint density at radius 2 is 1.80 bits per heavy atom. The molecule has 0 rings (SSSR count). The minimum Gasteiger partial charge on any atom is -0.161 e. The van der Waals surface area contributed by atoms with Crippen molar-refractivity contribution < 1.29 is 12.9 Å². The van der Waals surface area contributed by atoms with Crippen LogP contribution in [-0.2, 0) is 10.5 Å². The second kappa shape index (κ2) is 1.83. The quantitative estimate of drug-likeness (QED) is 0.425. The molecule has 0 saturated carbocycles. The summed E-state index contributed by atoms with van der Waals surface area (Å²) in [5.74, 6) is 0. The van der Waals surface area contributed by atoms with E-state index in [1.807, 2.05) is 0 Å². The third-order valence-electron chi connectivity index (χ3n) is 0.0563. The van der Waals surface area contributed by atoms with Gasteiger partial charge in [0.25, 0.3) is 0 Å². The Hall–Kier alpha value is -0.450. The molecular formula is FNO2S. The highest BCUT2D eigenvalue weighted by atomic mass is 32.2. The van der Waals surface area contributed by atoms with E-state index in [0.29, 0.717) is 0 Å². The van der Waals surface area contributed by atoms with Gasteiger partial charge in [0.15, 0.2) is 0 Å². The monoisotopic (exact) mass is 97.0 g/mol. The van der Waals surface area contributed by atoms with E-state index in [0.717, 1.165) is 0 Å². The fraction of sp³-hybridized carbons (Fsp3) is 0. The molecule has 3 nitrogen and oxygen atoms in total. The SMILES string of the molecule is O=S(=O)=NF. The van der Waals surface area contributed by atoms with Gasteiger partial charge in [0.1, 0.15) is 0 Å². The van der Waals surface area contributed by atoms with Crippen molar-refractivity contribution in [3.05, 3.63) is 0 Å². The molecule has 0 atom stereocenters. The Morgan fingerprint density at radius 1 is 1.60 bits per heavy atom. The fourth-order valence-electron chi connectivity index (χ4n) is 0. The van der Waals surface area contributed by atoms with Crippen molar-refractivity contribution in [2.24, 2.45) is 4.58 Å². The van der Waals surface area contributed by atoms with Crippen LogP contribution in [0.15, 0.2) is 4.58 Å². The van der Waals surface area contributed by atoms with Crippen LogP contribution >= 0.6 is 0 Å². The normalized spacial score (nSPS) is 6.60. The second-order valence-electron chi connectivity index (χ2n) is 0.286. The van der Waals surface area contributed by atoms with Gasteiger partial charge in [0.05, 0.1) is 0 Å². The maximum Gasteiger partial charge on any atom is 0.343 e. The minimum absolute atomic E-state index is 1.31. The van der Waals surface area contributed by atoms with E-state index < -0.39 is 10.5 Å². The van der Waals surface area contributed by atoms with E-state index in [1.54, 1.807) is 0 Å². The molecule has 0 unspecified atom stereocenters. The number of hydrogen-bond acceptors (Lipinski definition) is 3. The van der Waals surface area contributed by atoms with Gasteiger partial charge in [-0.3, -0.25) is 0 Å². The summed E-state index contributed by atoms with van der Waals surface area (Å²) in [6.07, 6.45) is 0. The first-order valence-corrected chi connectivity index (χ1v) is 1.72. The third kappa shape index (κ3) is 3.55. The smallest absolute Gasteiger partial charge is 0.161 e. The third-order valence-corrected chi connectivity index (χ3v) is 0.169. The van der Waals surface area contributed by atoms with Crippen molar-refractivity contribution in [2.45, 2.75) is 0 Å². The first-order chi connectivity index (χ1) is 2.27. The van der Waals surface area contributed by atoms with E-state index in [1.165, 1.54) is 4.58 Å². The van der Waals surface area contributed by atoms with Crippen LogP contribution in [0.1, 0.15) is 0 Å². The minimum atomic E-state index is -2.86. The van der Waals surface area contributed by atoms with Crippen molar-refractivity contribution in [3.63, 3.8) is 0 Å². The number of nitrogens with zero attached hydrogens (tertiary/aromatic N) is 1. The van der Waals surface area contributed by atoms with Crippen LogP contribution in [0.4, 0.5) is 4.48 Å². The summed E-state index contributed by atoms with van der Waals surface area (Å²) in [5, 5.41) is 0. The summed E-state index contributed by atoms with van der Waals surface area (Å²) in [6, 6.07) is 0. The molecule has 5 heteroatoms. The summed E-state index contributed by atoms with van der Waals surface area (Å²) in [4.78, 5) is 0. The first-order valence-electron chi connectivity index (χ1n) is 0.685. The standard InChI is InChI=1S/FNO2S/c1-2-5(3)4. The molecule has 0 aromatic rings. The van der Waals surface area contributed by atoms with Crippen molar-refractivity contribution in [3.8, 4) is 0 Å². The highest BCUT2D eigenvalue weighted by Gasteiger charge is 1.52. The summed E-state index contributed by atoms with van der Waals surface area (Å²) in [5.41, 5.74) is 0. The lowest BCUT2D eigenvalue weighted by molar-refractivity contribution is 0.528. The number of halogens is 1. The molecule has 5 heavy (non-hydrogen) atoms. The molecular weight excluding hydrogens is 97.1 g/mol. The van der Waals surface area contributed by atoms with E-state index >= 15 is 0 Å². The predicted octanol–water partition coefficient (Wildman–Crippen LogP) is -0.0664. The molecule has 0 aromatic carbocycles. The van der Waals surface area contributed by atoms with E-state index in [-0.39, 0.29) is 0 Å². The van der Waals surface area contributed by atoms with E-state index in [9.17, 15) is 4.48 Å². The van der Waals surface area contributed by atoms with Crippen LogP contribution in [0.25, 0.3) is 0 Å². The molecule has 30 valence electrons. The first kappa shape index (κ1) is 4.55. The van der Waals surface area contributed by atoms with E-state index in [4.69, 9.17) is 8.42 Å². The second-order valence-corrected chi connectivity index (χ2v) is 0.858. The van der Waals surface area contributed by atoms with Gasteiger partial charge in [-0.1, -0.05) is 4.48 Å². The Labute approximate surface area is 29.1 Å². The van der Waals surface area contributed by atoms with Gasteiger partial charge in [-0.25, -0.2) is 0 Å². The van der Waals surface area contributed by atoms with Crippen LogP contribution in [0, 0.1) is 0 Å². The molecule has 0 heterocycles. The van der Waals surface area contributed by atoms with Gasteiger partial charge < -0.3 is 0 Å². The van der Waals surface area contributed by atoms with Gasteiger partial charge in [-0.05, 0) is 0 Å². The van der Waals surface area contributed by atoms with Crippen LogP contribution < -0.4 is 0 Å². The molecule has 0 saturated heterocycles. The highest BCUT2D eigenvalue weighted by molar-refractivity contribution is 7.61. The Bertz CT molecular complexity index is 113. The van der Waals surface area contributed by atoms with Crippen LogP contribution in [0.2, 0.25) is 0 Å². The average Bonchev–Trinajstić information content (AvgIpc) is 1.38. The maximum absolute atomic E-state index is 10.1. The summed E-state index contributed by atoms with van der Waals surface area (Å²) >= 11 is 0. The number of hydrogen-bond donors (Lipinski definition) is 0. The lowest BCUT2D eigenvalue weighted by Crippen LogP contribution is -1.41. The van der Waals surface area contributed by atoms with Gasteiger partial charge in [-0.15, -0.1) is 0 Å². The molecule has 0 aromatic heterocycles. The van der Waals surface area contributed by atoms with Crippen molar-refractivity contribution in [1.29, 1.82) is 0 Å². The largest absolute Gasteiger partial charge is 0.343 e. The summed E-state index contributed by atoms with van der Waals surface area (Å²) < 4.78 is 29.1. The molecule has 0 spiro atoms. The summed E-state index contributed by atoms with van der Waals surface area (Å²) in [7, 11) is -2.86. The van der Waals surface area contributed by atoms with Gasteiger partial charge in [-0.2, -0.15) is 8.42 Å².